The minimum atomic E-state index is -0.265. The lowest BCUT2D eigenvalue weighted by atomic mass is 10.2. The number of carbonyl (C=O) groups is 1. The first-order valence-electron chi connectivity index (χ1n) is 9.30. The van der Waals surface area contributed by atoms with E-state index in [4.69, 9.17) is 0 Å². The van der Waals surface area contributed by atoms with E-state index in [1.807, 2.05) is 70.3 Å². The molecular weight excluding hydrogens is 371 g/mol. The van der Waals surface area contributed by atoms with Crippen LogP contribution in [0.1, 0.15) is 28.5 Å². The van der Waals surface area contributed by atoms with Gasteiger partial charge in [-0.25, -0.2) is 4.39 Å². The number of rotatable bonds is 6. The summed E-state index contributed by atoms with van der Waals surface area (Å²) < 4.78 is 16.7. The second-order valence-electron chi connectivity index (χ2n) is 6.72. The fourth-order valence-electron chi connectivity index (χ4n) is 3.44. The highest BCUT2D eigenvalue weighted by Gasteiger charge is 2.21. The van der Waals surface area contributed by atoms with E-state index in [9.17, 15) is 9.18 Å². The van der Waals surface area contributed by atoms with E-state index in [-0.39, 0.29) is 11.7 Å². The zero-order valence-electron chi connectivity index (χ0n) is 15.6. The third-order valence-electron chi connectivity index (χ3n) is 4.86. The van der Waals surface area contributed by atoms with Crippen molar-refractivity contribution >= 4 is 27.5 Å². The summed E-state index contributed by atoms with van der Waals surface area (Å²) in [5.74, 6) is -0.274. The van der Waals surface area contributed by atoms with Crippen molar-refractivity contribution in [3.05, 3.63) is 94.7 Å². The van der Waals surface area contributed by atoms with Crippen molar-refractivity contribution in [2.45, 2.75) is 20.0 Å². The first kappa shape index (κ1) is 18.4. The molecule has 0 atom stereocenters. The number of amides is 1. The van der Waals surface area contributed by atoms with Gasteiger partial charge in [0.05, 0.1) is 10.2 Å². The Bertz CT molecular complexity index is 1100. The Kier molecular flexibility index (Phi) is 5.26. The average Bonchev–Trinajstić information content (AvgIpc) is 3.29. The largest absolute Gasteiger partial charge is 0.333 e. The Hall–Kier alpha value is -2.92. The van der Waals surface area contributed by atoms with Gasteiger partial charge < -0.3 is 9.47 Å². The SMILES string of the molecule is CCN(Cc1ccccc1)C(=O)c1cc2sccc2n1Cc1cccc(F)c1. The van der Waals surface area contributed by atoms with Crippen molar-refractivity contribution in [2.75, 3.05) is 6.54 Å². The van der Waals surface area contributed by atoms with Gasteiger partial charge in [0.25, 0.3) is 5.91 Å². The topological polar surface area (TPSA) is 25.2 Å². The van der Waals surface area contributed by atoms with E-state index in [2.05, 4.69) is 0 Å². The van der Waals surface area contributed by atoms with Gasteiger partial charge in [-0.05, 0) is 47.7 Å². The van der Waals surface area contributed by atoms with Gasteiger partial charge in [0, 0.05) is 19.6 Å². The van der Waals surface area contributed by atoms with Crippen LogP contribution in [0.3, 0.4) is 0 Å². The van der Waals surface area contributed by atoms with Crippen LogP contribution in [0.25, 0.3) is 10.2 Å². The van der Waals surface area contributed by atoms with Crippen molar-refractivity contribution in [1.82, 2.24) is 9.47 Å². The van der Waals surface area contributed by atoms with Gasteiger partial charge in [0.2, 0.25) is 0 Å². The predicted molar refractivity (Wildman–Crippen MR) is 112 cm³/mol. The Morgan fingerprint density at radius 1 is 1.04 bits per heavy atom. The van der Waals surface area contributed by atoms with Crippen LogP contribution < -0.4 is 0 Å². The van der Waals surface area contributed by atoms with E-state index in [1.165, 1.54) is 12.1 Å². The Balaban J connectivity index is 1.69. The van der Waals surface area contributed by atoms with Gasteiger partial charge in [-0.3, -0.25) is 4.79 Å². The highest BCUT2D eigenvalue weighted by atomic mass is 32.1. The standard InChI is InChI=1S/C23H21FN2OS/c1-2-25(15-17-7-4-3-5-8-17)23(27)21-14-22-20(11-12-28-22)26(21)16-18-9-6-10-19(24)13-18/h3-14H,2,15-16H2,1H3. The van der Waals surface area contributed by atoms with Crippen LogP contribution in [-0.4, -0.2) is 21.9 Å². The molecule has 0 aliphatic heterocycles. The summed E-state index contributed by atoms with van der Waals surface area (Å²) in [6, 6.07) is 20.5. The molecule has 5 heteroatoms. The number of nitrogens with zero attached hydrogens (tertiary/aromatic N) is 2. The van der Waals surface area contributed by atoms with Gasteiger partial charge in [-0.2, -0.15) is 0 Å². The van der Waals surface area contributed by atoms with Gasteiger partial charge in [-0.15, -0.1) is 11.3 Å². The molecule has 4 rings (SSSR count). The van der Waals surface area contributed by atoms with Crippen molar-refractivity contribution in [3.63, 3.8) is 0 Å². The summed E-state index contributed by atoms with van der Waals surface area (Å²) in [6.07, 6.45) is 0. The zero-order valence-corrected chi connectivity index (χ0v) is 16.5. The van der Waals surface area contributed by atoms with E-state index < -0.39 is 0 Å². The summed E-state index contributed by atoms with van der Waals surface area (Å²) in [5.41, 5.74) is 3.59. The van der Waals surface area contributed by atoms with Gasteiger partial charge in [-0.1, -0.05) is 42.5 Å². The molecule has 3 nitrogen and oxygen atoms in total. The highest BCUT2D eigenvalue weighted by molar-refractivity contribution is 7.17. The second-order valence-corrected chi connectivity index (χ2v) is 7.67. The Morgan fingerprint density at radius 2 is 1.82 bits per heavy atom. The molecule has 0 saturated heterocycles. The molecular formula is C23H21FN2OS. The van der Waals surface area contributed by atoms with E-state index in [0.29, 0.717) is 25.3 Å². The molecule has 0 radical (unpaired) electrons. The van der Waals surface area contributed by atoms with Gasteiger partial charge in [0.1, 0.15) is 11.5 Å². The number of fused-ring (bicyclic) bond motifs is 1. The number of halogens is 1. The lowest BCUT2D eigenvalue weighted by molar-refractivity contribution is 0.0742. The number of carbonyl (C=O) groups excluding carboxylic acids is 1. The fraction of sp³-hybridized carbons (Fsp3) is 0.174. The lowest BCUT2D eigenvalue weighted by Gasteiger charge is -2.22. The molecule has 0 N–H and O–H groups in total. The monoisotopic (exact) mass is 392 g/mol. The maximum atomic E-state index is 13.7. The van der Waals surface area contributed by atoms with Crippen LogP contribution in [-0.2, 0) is 13.1 Å². The molecule has 0 aliphatic rings. The zero-order chi connectivity index (χ0) is 19.5. The van der Waals surface area contributed by atoms with Crippen LogP contribution >= 0.6 is 11.3 Å². The van der Waals surface area contributed by atoms with Crippen molar-refractivity contribution in [1.29, 1.82) is 0 Å². The van der Waals surface area contributed by atoms with Crippen LogP contribution in [0.15, 0.2) is 72.1 Å². The molecule has 4 aromatic rings. The van der Waals surface area contributed by atoms with E-state index in [0.717, 1.165) is 21.3 Å². The van der Waals surface area contributed by atoms with Crippen LogP contribution in [0.5, 0.6) is 0 Å². The summed E-state index contributed by atoms with van der Waals surface area (Å²) in [6.45, 7) is 3.63. The quantitative estimate of drug-likeness (QED) is 0.422. The molecule has 28 heavy (non-hydrogen) atoms. The van der Waals surface area contributed by atoms with Crippen LogP contribution in [0, 0.1) is 5.82 Å². The molecule has 0 unspecified atom stereocenters. The average molecular weight is 392 g/mol. The minimum absolute atomic E-state index is 0.00819. The molecule has 2 aromatic carbocycles. The lowest BCUT2D eigenvalue weighted by Crippen LogP contribution is -2.32. The molecule has 0 spiro atoms. The maximum absolute atomic E-state index is 13.7. The second kappa shape index (κ2) is 7.98. The minimum Gasteiger partial charge on any atom is -0.333 e. The first-order valence-corrected chi connectivity index (χ1v) is 10.2. The molecule has 0 fully saturated rings. The number of benzene rings is 2. The number of hydrogen-bond acceptors (Lipinski definition) is 2. The fourth-order valence-corrected chi connectivity index (χ4v) is 4.26. The van der Waals surface area contributed by atoms with Crippen molar-refractivity contribution < 1.29 is 9.18 Å². The van der Waals surface area contributed by atoms with E-state index in [1.54, 1.807) is 17.4 Å². The summed E-state index contributed by atoms with van der Waals surface area (Å²) in [4.78, 5) is 15.2. The Morgan fingerprint density at radius 3 is 2.57 bits per heavy atom. The molecule has 2 aromatic heterocycles. The highest BCUT2D eigenvalue weighted by Crippen LogP contribution is 2.27. The summed E-state index contributed by atoms with van der Waals surface area (Å²) in [5, 5.41) is 2.02. The number of thiophene rings is 1. The van der Waals surface area contributed by atoms with Gasteiger partial charge >= 0.3 is 0 Å². The maximum Gasteiger partial charge on any atom is 0.270 e. The predicted octanol–water partition coefficient (Wildman–Crippen LogP) is 5.55. The van der Waals surface area contributed by atoms with E-state index >= 15 is 0 Å². The van der Waals surface area contributed by atoms with Crippen LogP contribution in [0.4, 0.5) is 4.39 Å². The third kappa shape index (κ3) is 3.71. The first-order chi connectivity index (χ1) is 13.7. The van der Waals surface area contributed by atoms with Gasteiger partial charge in [0.15, 0.2) is 0 Å². The normalized spacial score (nSPS) is 11.1. The summed E-state index contributed by atoms with van der Waals surface area (Å²) >= 11 is 1.61. The molecule has 0 saturated carbocycles. The summed E-state index contributed by atoms with van der Waals surface area (Å²) in [7, 11) is 0. The number of hydrogen-bond donors (Lipinski definition) is 0. The Labute approximate surface area is 167 Å². The molecule has 2 heterocycles. The third-order valence-corrected chi connectivity index (χ3v) is 5.71. The molecule has 0 bridgehead atoms. The van der Waals surface area contributed by atoms with Crippen molar-refractivity contribution in [2.24, 2.45) is 0 Å². The molecule has 1 amide bonds. The van der Waals surface area contributed by atoms with Crippen molar-refractivity contribution in [3.8, 4) is 0 Å². The molecule has 0 aliphatic carbocycles. The molecule has 142 valence electrons. The van der Waals surface area contributed by atoms with Crippen LogP contribution in [0.2, 0.25) is 0 Å². The number of aromatic nitrogens is 1. The smallest absolute Gasteiger partial charge is 0.270 e.